The van der Waals surface area contributed by atoms with E-state index in [4.69, 9.17) is 6.42 Å². The predicted octanol–water partition coefficient (Wildman–Crippen LogP) is 3.86. The highest BCUT2D eigenvalue weighted by Crippen LogP contribution is 2.29. The molecule has 156 valence electrons. The van der Waals surface area contributed by atoms with Crippen molar-refractivity contribution < 1.29 is 9.18 Å². The van der Waals surface area contributed by atoms with Crippen LogP contribution in [-0.2, 0) is 10.5 Å². The van der Waals surface area contributed by atoms with Gasteiger partial charge in [0, 0.05) is 38.1 Å². The molecule has 0 atom stereocenters. The molecular formula is C24H27FN4O. The van der Waals surface area contributed by atoms with Gasteiger partial charge in [0.05, 0.1) is 5.70 Å². The fourth-order valence-electron chi connectivity index (χ4n) is 3.07. The van der Waals surface area contributed by atoms with Gasteiger partial charge in [0.25, 0.3) is 5.91 Å². The van der Waals surface area contributed by atoms with Gasteiger partial charge in [-0.05, 0) is 42.7 Å². The molecule has 0 aliphatic carbocycles. The topological polar surface area (TPSA) is 47.9 Å². The lowest BCUT2D eigenvalue weighted by Crippen LogP contribution is -2.51. The quantitative estimate of drug-likeness (QED) is 0.324. The largest absolute Gasteiger partial charge is 0.353 e. The molecule has 1 N–H and O–H groups in total. The van der Waals surface area contributed by atoms with Gasteiger partial charge in [-0.2, -0.15) is 0 Å². The number of rotatable bonds is 7. The van der Waals surface area contributed by atoms with Crippen LogP contribution in [0.1, 0.15) is 12.5 Å². The van der Waals surface area contributed by atoms with Gasteiger partial charge < -0.3 is 15.1 Å². The van der Waals surface area contributed by atoms with E-state index in [0.29, 0.717) is 43.3 Å². The Balaban J connectivity index is 2.13. The lowest BCUT2D eigenvalue weighted by atomic mass is 9.96. The van der Waals surface area contributed by atoms with Gasteiger partial charge in [0.15, 0.2) is 11.5 Å². The van der Waals surface area contributed by atoms with Crippen LogP contribution in [0.4, 0.5) is 10.1 Å². The highest BCUT2D eigenvalue weighted by atomic mass is 19.1. The molecule has 0 radical (unpaired) electrons. The zero-order valence-electron chi connectivity index (χ0n) is 17.3. The van der Waals surface area contributed by atoms with E-state index in [1.807, 2.05) is 17.9 Å². The maximum absolute atomic E-state index is 14.7. The van der Waals surface area contributed by atoms with Gasteiger partial charge in [0.1, 0.15) is 0 Å². The van der Waals surface area contributed by atoms with E-state index in [-0.39, 0.29) is 5.91 Å². The number of nitrogens with one attached hydrogen (secondary N) is 1. The number of amides is 1. The fourth-order valence-corrected chi connectivity index (χ4v) is 3.07. The smallest absolute Gasteiger partial charge is 0.298 e. The Hall–Kier alpha value is -3.59. The van der Waals surface area contributed by atoms with Gasteiger partial charge in [-0.25, -0.2) is 9.38 Å². The number of hydrogen-bond acceptors (Lipinski definition) is 3. The zero-order chi connectivity index (χ0) is 22.1. The third-order valence-corrected chi connectivity index (χ3v) is 4.82. The molecule has 5 nitrogen and oxygen atoms in total. The van der Waals surface area contributed by atoms with Crippen molar-refractivity contribution >= 4 is 17.4 Å². The number of allylic oxidation sites excluding steroid dienone is 3. The minimum Gasteiger partial charge on any atom is -0.353 e. The Labute approximate surface area is 178 Å². The fraction of sp³-hybridized carbons (Fsp3) is 0.250. The number of anilines is 1. The average molecular weight is 407 g/mol. The van der Waals surface area contributed by atoms with Crippen LogP contribution in [0.5, 0.6) is 0 Å². The first-order chi connectivity index (χ1) is 14.4. The maximum Gasteiger partial charge on any atom is 0.298 e. The molecule has 0 unspecified atom stereocenters. The third-order valence-electron chi connectivity index (χ3n) is 4.82. The molecule has 1 amide bonds. The van der Waals surface area contributed by atoms with Gasteiger partial charge in [-0.15, -0.1) is 6.42 Å². The summed E-state index contributed by atoms with van der Waals surface area (Å²) < 4.78 is 14.7. The van der Waals surface area contributed by atoms with Gasteiger partial charge >= 0.3 is 0 Å². The Kier molecular flexibility index (Phi) is 7.76. The van der Waals surface area contributed by atoms with Crippen LogP contribution in [0.2, 0.25) is 0 Å². The number of nitrogens with zero attached hydrogens (tertiary/aromatic N) is 3. The predicted molar refractivity (Wildman–Crippen MR) is 122 cm³/mol. The second-order valence-electron chi connectivity index (χ2n) is 6.72. The average Bonchev–Trinajstić information content (AvgIpc) is 2.79. The van der Waals surface area contributed by atoms with Crippen molar-refractivity contribution in [2.24, 2.45) is 4.99 Å². The molecule has 0 saturated carbocycles. The maximum atomic E-state index is 14.7. The molecule has 1 aromatic rings. The first kappa shape index (κ1) is 22.7. The summed E-state index contributed by atoms with van der Waals surface area (Å²) >= 11 is 0. The summed E-state index contributed by atoms with van der Waals surface area (Å²) in [5.41, 5.74) is 0.00896. The summed E-state index contributed by atoms with van der Waals surface area (Å²) in [6.07, 6.45) is 11.2. The van der Waals surface area contributed by atoms with Crippen LogP contribution in [0, 0.1) is 12.3 Å². The van der Waals surface area contributed by atoms with Crippen LogP contribution < -0.4 is 5.32 Å². The number of halogens is 1. The highest BCUT2D eigenvalue weighted by Gasteiger charge is 2.25. The first-order valence-electron chi connectivity index (χ1n) is 9.61. The molecule has 2 rings (SSSR count). The van der Waals surface area contributed by atoms with E-state index in [2.05, 4.69) is 36.0 Å². The summed E-state index contributed by atoms with van der Waals surface area (Å²) in [5, 5.41) is 3.22. The SMILES string of the molecule is C#CC(=O)N1CCN(C(=N/C=C\C)C(=C)Nc2ccc(C(F)(C=C)C=C)cc2)CC1. The van der Waals surface area contributed by atoms with Gasteiger partial charge in [-0.3, -0.25) is 4.79 Å². The lowest BCUT2D eigenvalue weighted by molar-refractivity contribution is -0.126. The minimum absolute atomic E-state index is 0.304. The number of terminal acetylenes is 1. The second-order valence-corrected chi connectivity index (χ2v) is 6.72. The molecule has 30 heavy (non-hydrogen) atoms. The summed E-state index contributed by atoms with van der Waals surface area (Å²) in [6.45, 7) is 15.3. The van der Waals surface area contributed by atoms with Crippen molar-refractivity contribution in [3.05, 3.63) is 79.7 Å². The summed E-state index contributed by atoms with van der Waals surface area (Å²) in [4.78, 5) is 19.9. The number of piperazine rings is 1. The first-order valence-corrected chi connectivity index (χ1v) is 9.61. The molecular weight excluding hydrogens is 379 g/mol. The van der Waals surface area contributed by atoms with E-state index in [9.17, 15) is 9.18 Å². The van der Waals surface area contributed by atoms with Crippen molar-refractivity contribution in [1.82, 2.24) is 9.80 Å². The van der Waals surface area contributed by atoms with Crippen molar-refractivity contribution in [3.63, 3.8) is 0 Å². The lowest BCUT2D eigenvalue weighted by Gasteiger charge is -2.36. The normalized spacial score (nSPS) is 14.9. The molecule has 1 aliphatic rings. The van der Waals surface area contributed by atoms with E-state index >= 15 is 0 Å². The molecule has 0 spiro atoms. The molecule has 0 aromatic heterocycles. The highest BCUT2D eigenvalue weighted by molar-refractivity contribution is 6.01. The van der Waals surface area contributed by atoms with Crippen molar-refractivity contribution in [1.29, 1.82) is 0 Å². The Morgan fingerprint density at radius 2 is 1.77 bits per heavy atom. The Bertz CT molecular complexity index is 892. The zero-order valence-corrected chi connectivity index (χ0v) is 17.3. The molecule has 6 heteroatoms. The number of hydrogen-bond donors (Lipinski definition) is 1. The van der Waals surface area contributed by atoms with E-state index < -0.39 is 5.67 Å². The second kappa shape index (κ2) is 10.3. The number of amidine groups is 1. The van der Waals surface area contributed by atoms with Crippen LogP contribution in [0.3, 0.4) is 0 Å². The van der Waals surface area contributed by atoms with Gasteiger partial charge in [-0.1, -0.05) is 37.9 Å². The Morgan fingerprint density at radius 3 is 2.27 bits per heavy atom. The molecule has 1 fully saturated rings. The standard InChI is InChI=1S/C24H27FN4O/c1-6-14-26-23(29-17-15-28(16-18-29)22(30)7-2)19(5)27-21-12-10-20(11-13-21)24(25,8-3)9-4/h2,6,8-14,27H,3-5,15-18H2,1H3/b14-6-,26-23?. The van der Waals surface area contributed by atoms with Crippen molar-refractivity contribution in [2.75, 3.05) is 31.5 Å². The number of alkyl halides is 1. The summed E-state index contributed by atoms with van der Waals surface area (Å²) in [7, 11) is 0. The van der Waals surface area contributed by atoms with E-state index in [1.165, 1.54) is 12.2 Å². The van der Waals surface area contributed by atoms with Crippen LogP contribution in [-0.4, -0.2) is 47.7 Å². The van der Waals surface area contributed by atoms with Crippen molar-refractivity contribution in [3.8, 4) is 12.3 Å². The number of benzene rings is 1. The monoisotopic (exact) mass is 406 g/mol. The van der Waals surface area contributed by atoms with Crippen LogP contribution in [0.15, 0.2) is 79.1 Å². The number of aliphatic imine (C=N–C) groups is 1. The van der Waals surface area contributed by atoms with Crippen LogP contribution >= 0.6 is 0 Å². The van der Waals surface area contributed by atoms with Crippen molar-refractivity contribution in [2.45, 2.75) is 12.6 Å². The summed E-state index contributed by atoms with van der Waals surface area (Å²) in [5.74, 6) is 2.51. The molecule has 1 heterocycles. The molecule has 1 aliphatic heterocycles. The molecule has 1 aromatic carbocycles. The number of carbonyl (C=O) groups is 1. The van der Waals surface area contributed by atoms with E-state index in [0.717, 1.165) is 5.69 Å². The van der Waals surface area contributed by atoms with Gasteiger partial charge in [0.2, 0.25) is 0 Å². The Morgan fingerprint density at radius 1 is 1.20 bits per heavy atom. The molecule has 1 saturated heterocycles. The third kappa shape index (κ3) is 5.26. The van der Waals surface area contributed by atoms with Crippen LogP contribution in [0.25, 0.3) is 0 Å². The number of carbonyl (C=O) groups excluding carboxylic acids is 1. The van der Waals surface area contributed by atoms with E-state index in [1.54, 1.807) is 35.4 Å². The minimum atomic E-state index is -1.77. The summed E-state index contributed by atoms with van der Waals surface area (Å²) in [6, 6.07) is 6.87. The molecule has 0 bridgehead atoms.